The summed E-state index contributed by atoms with van der Waals surface area (Å²) in [5.74, 6) is -0.804. The number of nitrogens with two attached hydrogens (primary N) is 1. The van der Waals surface area contributed by atoms with Gasteiger partial charge in [-0.25, -0.2) is 4.39 Å². The van der Waals surface area contributed by atoms with E-state index in [0.717, 1.165) is 10.7 Å². The molecule has 0 fully saturated rings. The summed E-state index contributed by atoms with van der Waals surface area (Å²) in [6.07, 6.45) is 1.18. The van der Waals surface area contributed by atoms with Gasteiger partial charge in [0.1, 0.15) is 10.8 Å². The second-order valence-corrected chi connectivity index (χ2v) is 6.53. The molecule has 0 aliphatic carbocycles. The number of nitrogens with zero attached hydrogens (tertiary/aromatic N) is 2. The van der Waals surface area contributed by atoms with E-state index in [1.807, 2.05) is 0 Å². The summed E-state index contributed by atoms with van der Waals surface area (Å²) in [5, 5.41) is 3.40. The molecule has 0 aliphatic heterocycles. The summed E-state index contributed by atoms with van der Waals surface area (Å²) < 4.78 is 41.5. The van der Waals surface area contributed by atoms with Gasteiger partial charge in [-0.2, -0.15) is 13.5 Å². The van der Waals surface area contributed by atoms with E-state index < -0.39 is 15.8 Å². The molecule has 2 aromatic rings. The Morgan fingerprint density at radius 2 is 2.19 bits per heavy atom. The van der Waals surface area contributed by atoms with Gasteiger partial charge in [0.2, 0.25) is 0 Å². The van der Waals surface area contributed by atoms with Crippen LogP contribution >= 0.6 is 23.8 Å². The minimum Gasteiger partial charge on any atom is -0.389 e. The number of halogens is 2. The van der Waals surface area contributed by atoms with Gasteiger partial charge in [-0.3, -0.25) is 9.40 Å². The number of benzene rings is 1. The lowest BCUT2D eigenvalue weighted by molar-refractivity contribution is 0.580. The first-order valence-electron chi connectivity index (χ1n) is 5.52. The normalized spacial score (nSPS) is 11.4. The van der Waals surface area contributed by atoms with E-state index in [0.29, 0.717) is 5.56 Å². The SMILES string of the molecule is Cn1ncc(Cl)c1S(=O)(=O)Nc1ccc(C(N)=S)cc1F. The van der Waals surface area contributed by atoms with E-state index in [1.165, 1.54) is 25.4 Å². The van der Waals surface area contributed by atoms with Crippen LogP contribution in [0.1, 0.15) is 5.56 Å². The zero-order valence-electron chi connectivity index (χ0n) is 10.7. The molecule has 1 aromatic carbocycles. The van der Waals surface area contributed by atoms with Crippen molar-refractivity contribution in [3.8, 4) is 0 Å². The number of aromatic nitrogens is 2. The molecule has 6 nitrogen and oxygen atoms in total. The fraction of sp³-hybridized carbons (Fsp3) is 0.0909. The molecule has 0 unspecified atom stereocenters. The maximum Gasteiger partial charge on any atom is 0.280 e. The van der Waals surface area contributed by atoms with Crippen molar-refractivity contribution in [2.45, 2.75) is 5.03 Å². The van der Waals surface area contributed by atoms with Gasteiger partial charge in [0, 0.05) is 12.6 Å². The third kappa shape index (κ3) is 3.14. The first-order valence-corrected chi connectivity index (χ1v) is 7.79. The molecule has 0 saturated carbocycles. The van der Waals surface area contributed by atoms with E-state index in [4.69, 9.17) is 29.6 Å². The Hall–Kier alpha value is -1.71. The Bertz CT molecular complexity index is 800. The van der Waals surface area contributed by atoms with E-state index in [-0.39, 0.29) is 20.7 Å². The first-order chi connectivity index (χ1) is 9.72. The number of rotatable bonds is 4. The Kier molecular flexibility index (Phi) is 4.17. The Labute approximate surface area is 130 Å². The zero-order chi connectivity index (χ0) is 15.8. The van der Waals surface area contributed by atoms with E-state index in [9.17, 15) is 12.8 Å². The first kappa shape index (κ1) is 15.7. The maximum absolute atomic E-state index is 13.9. The largest absolute Gasteiger partial charge is 0.389 e. The number of anilines is 1. The standard InChI is InChI=1S/C11H10ClFN4O2S2/c1-17-11(7(12)5-15-17)21(18,19)16-9-3-2-6(10(14)20)4-8(9)13/h2-5,16H,1H3,(H2,14,20). The van der Waals surface area contributed by atoms with Crippen LogP contribution in [0.5, 0.6) is 0 Å². The predicted molar refractivity (Wildman–Crippen MR) is 81.3 cm³/mol. The molecule has 10 heteroatoms. The van der Waals surface area contributed by atoms with Gasteiger partial charge in [-0.05, 0) is 18.2 Å². The average Bonchev–Trinajstić information content (AvgIpc) is 2.71. The summed E-state index contributed by atoms with van der Waals surface area (Å²) in [6, 6.07) is 3.69. The summed E-state index contributed by atoms with van der Waals surface area (Å²) in [4.78, 5) is 0.0120. The second kappa shape index (κ2) is 5.58. The molecule has 2 rings (SSSR count). The topological polar surface area (TPSA) is 90.0 Å². The van der Waals surface area contributed by atoms with Crippen molar-refractivity contribution < 1.29 is 12.8 Å². The molecular formula is C11H10ClFN4O2S2. The quantitative estimate of drug-likeness (QED) is 0.820. The van der Waals surface area contributed by atoms with Crippen LogP contribution in [0.25, 0.3) is 0 Å². The molecule has 0 saturated heterocycles. The lowest BCUT2D eigenvalue weighted by Gasteiger charge is -2.10. The molecule has 0 spiro atoms. The minimum atomic E-state index is -4.07. The van der Waals surface area contributed by atoms with Crippen molar-refractivity contribution in [2.24, 2.45) is 12.8 Å². The molecular weight excluding hydrogens is 339 g/mol. The van der Waals surface area contributed by atoms with Crippen molar-refractivity contribution in [3.63, 3.8) is 0 Å². The molecule has 0 atom stereocenters. The Balaban J connectivity index is 2.40. The summed E-state index contributed by atoms with van der Waals surface area (Å²) >= 11 is 10.5. The number of hydrogen-bond acceptors (Lipinski definition) is 4. The highest BCUT2D eigenvalue weighted by Gasteiger charge is 2.24. The van der Waals surface area contributed by atoms with Crippen LogP contribution in [0, 0.1) is 5.82 Å². The monoisotopic (exact) mass is 348 g/mol. The highest BCUT2D eigenvalue weighted by molar-refractivity contribution is 7.92. The van der Waals surface area contributed by atoms with Gasteiger partial charge in [-0.1, -0.05) is 23.8 Å². The highest BCUT2D eigenvalue weighted by Crippen LogP contribution is 2.24. The lowest BCUT2D eigenvalue weighted by Crippen LogP contribution is -2.18. The molecule has 112 valence electrons. The van der Waals surface area contributed by atoms with Gasteiger partial charge in [0.25, 0.3) is 10.0 Å². The smallest absolute Gasteiger partial charge is 0.280 e. The highest BCUT2D eigenvalue weighted by atomic mass is 35.5. The number of hydrogen-bond donors (Lipinski definition) is 2. The summed E-state index contributed by atoms with van der Waals surface area (Å²) in [5.41, 5.74) is 5.43. The van der Waals surface area contributed by atoms with Crippen LogP contribution in [0.4, 0.5) is 10.1 Å². The van der Waals surface area contributed by atoms with E-state index >= 15 is 0 Å². The Morgan fingerprint density at radius 1 is 1.52 bits per heavy atom. The van der Waals surface area contributed by atoms with Crippen molar-refractivity contribution in [3.05, 3.63) is 40.8 Å². The van der Waals surface area contributed by atoms with Crippen LogP contribution in [0.15, 0.2) is 29.4 Å². The molecule has 0 radical (unpaired) electrons. The third-order valence-electron chi connectivity index (χ3n) is 2.59. The van der Waals surface area contributed by atoms with Crippen molar-refractivity contribution in [1.29, 1.82) is 0 Å². The number of nitrogens with one attached hydrogen (secondary N) is 1. The zero-order valence-corrected chi connectivity index (χ0v) is 13.1. The van der Waals surface area contributed by atoms with Crippen molar-refractivity contribution >= 4 is 44.5 Å². The van der Waals surface area contributed by atoms with E-state index in [2.05, 4.69) is 9.82 Å². The molecule has 21 heavy (non-hydrogen) atoms. The summed E-state index contributed by atoms with van der Waals surface area (Å²) in [7, 11) is -2.66. The molecule has 0 aliphatic rings. The number of sulfonamides is 1. The second-order valence-electron chi connectivity index (χ2n) is 4.09. The van der Waals surface area contributed by atoms with E-state index in [1.54, 1.807) is 0 Å². The van der Waals surface area contributed by atoms with Gasteiger partial charge in [0.05, 0.1) is 16.9 Å². The fourth-order valence-electron chi connectivity index (χ4n) is 1.65. The molecule has 1 heterocycles. The van der Waals surface area contributed by atoms with Gasteiger partial charge >= 0.3 is 0 Å². The fourth-order valence-corrected chi connectivity index (χ4v) is 3.50. The average molecular weight is 349 g/mol. The van der Waals surface area contributed by atoms with Crippen molar-refractivity contribution in [1.82, 2.24) is 9.78 Å². The van der Waals surface area contributed by atoms with Crippen LogP contribution in [-0.4, -0.2) is 23.2 Å². The predicted octanol–water partition coefficient (Wildman–Crippen LogP) is 1.65. The minimum absolute atomic E-state index is 0.0120. The third-order valence-corrected chi connectivity index (χ3v) is 4.70. The molecule has 0 amide bonds. The number of thiocarbonyl (C=S) groups is 1. The number of aryl methyl sites for hydroxylation is 1. The maximum atomic E-state index is 13.9. The lowest BCUT2D eigenvalue weighted by atomic mass is 10.2. The van der Waals surface area contributed by atoms with Gasteiger partial charge in [0.15, 0.2) is 5.03 Å². The van der Waals surface area contributed by atoms with Gasteiger partial charge < -0.3 is 5.73 Å². The van der Waals surface area contributed by atoms with Crippen LogP contribution in [0.2, 0.25) is 5.02 Å². The van der Waals surface area contributed by atoms with Crippen molar-refractivity contribution in [2.75, 3.05) is 4.72 Å². The van der Waals surface area contributed by atoms with Gasteiger partial charge in [-0.15, -0.1) is 0 Å². The molecule has 3 N–H and O–H groups in total. The summed E-state index contributed by atoms with van der Waals surface area (Å²) in [6.45, 7) is 0. The van der Waals surface area contributed by atoms with Crippen LogP contribution in [0.3, 0.4) is 0 Å². The Morgan fingerprint density at radius 3 is 2.67 bits per heavy atom. The molecule has 0 bridgehead atoms. The van der Waals surface area contributed by atoms with Crippen LogP contribution in [-0.2, 0) is 17.1 Å². The van der Waals surface area contributed by atoms with Crippen LogP contribution < -0.4 is 10.5 Å². The molecule has 1 aromatic heterocycles.